The van der Waals surface area contributed by atoms with Gasteiger partial charge in [-0.1, -0.05) is 23.2 Å². The molecular formula is C15H16Cl2N2NaO8. The molecule has 0 fully saturated rings. The first-order valence-electron chi connectivity index (χ1n) is 7.50. The van der Waals surface area contributed by atoms with E-state index in [4.69, 9.17) is 33.0 Å². The first-order chi connectivity index (χ1) is 12.6. The molecule has 3 N–H and O–H groups in total. The molecule has 0 bridgehead atoms. The maximum Gasteiger partial charge on any atom is 0.306 e. The van der Waals surface area contributed by atoms with Crippen LogP contribution < -0.4 is 5.32 Å². The number of carbonyl (C=O) groups is 3. The Morgan fingerprint density at radius 1 is 1.18 bits per heavy atom. The van der Waals surface area contributed by atoms with Crippen LogP contribution >= 0.6 is 23.2 Å². The number of halogens is 2. The Bertz CT molecular complexity index is 702. The molecule has 0 saturated heterocycles. The van der Waals surface area contributed by atoms with Crippen molar-refractivity contribution >= 4 is 76.3 Å². The second-order valence-electron chi connectivity index (χ2n) is 5.29. The molecule has 0 aromatic heterocycles. The van der Waals surface area contributed by atoms with Crippen molar-refractivity contribution in [1.29, 1.82) is 0 Å². The average molecular weight is 446 g/mol. The average Bonchev–Trinajstić information content (AvgIpc) is 2.62. The molecule has 13 heteroatoms. The number of aliphatic hydroxyl groups excluding tert-OH is 1. The van der Waals surface area contributed by atoms with Crippen LogP contribution in [0.25, 0.3) is 0 Å². The van der Waals surface area contributed by atoms with Crippen molar-refractivity contribution in [1.82, 2.24) is 5.32 Å². The molecule has 1 radical (unpaired) electrons. The van der Waals surface area contributed by atoms with Crippen LogP contribution in [0.3, 0.4) is 0 Å². The molecular weight excluding hydrogens is 430 g/mol. The van der Waals surface area contributed by atoms with Gasteiger partial charge in [0.25, 0.3) is 11.6 Å². The summed E-state index contributed by atoms with van der Waals surface area (Å²) >= 11 is 10.9. The number of aliphatic carboxylic acids is 1. The van der Waals surface area contributed by atoms with E-state index in [-0.39, 0.29) is 40.8 Å². The van der Waals surface area contributed by atoms with Gasteiger partial charge in [0.15, 0.2) is 4.84 Å². The number of amides is 1. The summed E-state index contributed by atoms with van der Waals surface area (Å²) in [5.74, 6) is -2.89. The number of aliphatic hydroxyl groups is 1. The number of benzene rings is 1. The third-order valence-electron chi connectivity index (χ3n) is 3.32. The third kappa shape index (κ3) is 9.18. The second-order valence-corrected chi connectivity index (χ2v) is 6.38. The summed E-state index contributed by atoms with van der Waals surface area (Å²) in [6.45, 7) is -0.497. The minimum atomic E-state index is -1.45. The van der Waals surface area contributed by atoms with E-state index in [2.05, 4.69) is 5.32 Å². The van der Waals surface area contributed by atoms with Crippen molar-refractivity contribution < 1.29 is 34.3 Å². The summed E-state index contributed by atoms with van der Waals surface area (Å²) in [5.41, 5.74) is 0.00129. The number of nitrogens with one attached hydrogen (secondary N) is 1. The standard InChI is InChI=1S/C15H16Cl2N2O8.Na/c16-14(17)15(24)18-10(7-27-12(22)6-5-11(20)21)13(23)8-1-3-9(4-2-8)19(25)26;/h1-4,10,13-14,23H,5-7H2,(H,18,24)(H,20,21);. The number of carboxylic acids is 1. The predicted molar refractivity (Wildman–Crippen MR) is 99.1 cm³/mol. The molecule has 1 amide bonds. The maximum absolute atomic E-state index is 11.7. The Hall–Kier alpha value is -1.43. The Balaban J connectivity index is 0.00000729. The van der Waals surface area contributed by atoms with E-state index in [9.17, 15) is 29.6 Å². The summed E-state index contributed by atoms with van der Waals surface area (Å²) in [5, 5.41) is 31.9. The second kappa shape index (κ2) is 12.9. The summed E-state index contributed by atoms with van der Waals surface area (Å²) in [7, 11) is 0. The Morgan fingerprint density at radius 2 is 1.75 bits per heavy atom. The molecule has 1 aromatic carbocycles. The monoisotopic (exact) mass is 445 g/mol. The van der Waals surface area contributed by atoms with Gasteiger partial charge in [0.05, 0.1) is 23.8 Å². The van der Waals surface area contributed by atoms with E-state index in [0.717, 1.165) is 12.1 Å². The van der Waals surface area contributed by atoms with Crippen molar-refractivity contribution in [2.24, 2.45) is 0 Å². The number of ether oxygens (including phenoxy) is 1. The van der Waals surface area contributed by atoms with Crippen LogP contribution in [0.1, 0.15) is 24.5 Å². The van der Waals surface area contributed by atoms with Crippen LogP contribution in [0.15, 0.2) is 24.3 Å². The first-order valence-corrected chi connectivity index (χ1v) is 8.37. The van der Waals surface area contributed by atoms with Crippen molar-refractivity contribution in [2.45, 2.75) is 29.8 Å². The molecule has 10 nitrogen and oxygen atoms in total. The van der Waals surface area contributed by atoms with Crippen LogP contribution in [-0.4, -0.2) is 80.0 Å². The van der Waals surface area contributed by atoms with Crippen molar-refractivity contribution in [3.05, 3.63) is 39.9 Å². The van der Waals surface area contributed by atoms with Gasteiger partial charge < -0.3 is 20.3 Å². The number of hydrogen-bond acceptors (Lipinski definition) is 7. The maximum atomic E-state index is 11.7. The quantitative estimate of drug-likeness (QED) is 0.158. The van der Waals surface area contributed by atoms with Gasteiger partial charge in [0, 0.05) is 41.7 Å². The fraction of sp³-hybridized carbons (Fsp3) is 0.400. The summed E-state index contributed by atoms with van der Waals surface area (Å²) in [6, 6.07) is 3.68. The first kappa shape index (κ1) is 26.6. The van der Waals surface area contributed by atoms with Crippen LogP contribution in [-0.2, 0) is 19.1 Å². The molecule has 0 saturated carbocycles. The van der Waals surface area contributed by atoms with Gasteiger partial charge >= 0.3 is 11.9 Å². The number of hydrogen-bond donors (Lipinski definition) is 3. The van der Waals surface area contributed by atoms with Crippen molar-refractivity contribution in [3.8, 4) is 0 Å². The van der Waals surface area contributed by atoms with E-state index < -0.39 is 59.2 Å². The van der Waals surface area contributed by atoms with Crippen LogP contribution in [0.2, 0.25) is 0 Å². The SMILES string of the molecule is O=C(O)CCC(=O)OCC(NC(=O)C(Cl)Cl)C(O)c1ccc([N+](=O)[O-])cc1.[Na]. The van der Waals surface area contributed by atoms with Gasteiger partial charge in [0.1, 0.15) is 12.7 Å². The largest absolute Gasteiger partial charge is 0.481 e. The number of carboxylic acid groups (broad SMARTS) is 1. The van der Waals surface area contributed by atoms with Gasteiger partial charge in [-0.05, 0) is 17.7 Å². The van der Waals surface area contributed by atoms with Crippen LogP contribution in [0.4, 0.5) is 5.69 Å². The Morgan fingerprint density at radius 3 is 2.21 bits per heavy atom. The van der Waals surface area contributed by atoms with Crippen LogP contribution in [0, 0.1) is 10.1 Å². The van der Waals surface area contributed by atoms with E-state index in [1.54, 1.807) is 0 Å². The molecule has 149 valence electrons. The zero-order valence-electron chi connectivity index (χ0n) is 14.7. The number of esters is 1. The van der Waals surface area contributed by atoms with Gasteiger partial charge in [0.2, 0.25) is 0 Å². The molecule has 0 heterocycles. The summed E-state index contributed by atoms with van der Waals surface area (Å²) in [6.07, 6.45) is -2.24. The molecule has 28 heavy (non-hydrogen) atoms. The topological polar surface area (TPSA) is 156 Å². The molecule has 0 aliphatic heterocycles. The summed E-state index contributed by atoms with van der Waals surface area (Å²) in [4.78, 5) is 42.3. The molecule has 2 atom stereocenters. The summed E-state index contributed by atoms with van der Waals surface area (Å²) < 4.78 is 4.87. The minimum Gasteiger partial charge on any atom is -0.481 e. The van der Waals surface area contributed by atoms with Gasteiger partial charge in [-0.3, -0.25) is 24.5 Å². The Labute approximate surface area is 191 Å². The molecule has 0 spiro atoms. The smallest absolute Gasteiger partial charge is 0.306 e. The predicted octanol–water partition coefficient (Wildman–Crippen LogP) is 0.944. The van der Waals surface area contributed by atoms with E-state index in [1.807, 2.05) is 0 Å². The Kier molecular flexibility index (Phi) is 12.3. The van der Waals surface area contributed by atoms with E-state index >= 15 is 0 Å². The molecule has 2 unspecified atom stereocenters. The number of rotatable bonds is 10. The number of nitrogens with zero attached hydrogens (tertiary/aromatic N) is 1. The number of carbonyl (C=O) groups excluding carboxylic acids is 2. The van der Waals surface area contributed by atoms with Crippen molar-refractivity contribution in [2.75, 3.05) is 6.61 Å². The number of non-ortho nitro benzene ring substituents is 1. The zero-order chi connectivity index (χ0) is 20.6. The number of nitro groups is 1. The normalized spacial score (nSPS) is 12.4. The van der Waals surface area contributed by atoms with Crippen LogP contribution in [0.5, 0.6) is 0 Å². The van der Waals surface area contributed by atoms with E-state index in [0.29, 0.717) is 0 Å². The van der Waals surface area contributed by atoms with E-state index in [1.165, 1.54) is 12.1 Å². The van der Waals surface area contributed by atoms with Gasteiger partial charge in [-0.25, -0.2) is 0 Å². The molecule has 1 rings (SSSR count). The molecule has 0 aliphatic rings. The fourth-order valence-electron chi connectivity index (χ4n) is 1.95. The molecule has 0 aliphatic carbocycles. The fourth-order valence-corrected chi connectivity index (χ4v) is 2.07. The minimum absolute atomic E-state index is 0. The molecule has 1 aromatic rings. The zero-order valence-corrected chi connectivity index (χ0v) is 18.2. The van der Waals surface area contributed by atoms with Gasteiger partial charge in [-0.15, -0.1) is 0 Å². The third-order valence-corrected chi connectivity index (χ3v) is 3.72. The van der Waals surface area contributed by atoms with Crippen molar-refractivity contribution in [3.63, 3.8) is 0 Å². The number of alkyl halides is 2. The number of nitro benzene ring substituents is 1. The van der Waals surface area contributed by atoms with Gasteiger partial charge in [-0.2, -0.15) is 0 Å².